The van der Waals surface area contributed by atoms with Crippen molar-refractivity contribution in [3.63, 3.8) is 0 Å². The Labute approximate surface area is 128 Å². The minimum absolute atomic E-state index is 0.0947. The predicted octanol–water partition coefficient (Wildman–Crippen LogP) is 2.71. The number of piperazine rings is 1. The molecule has 0 radical (unpaired) electrons. The van der Waals surface area contributed by atoms with Crippen LogP contribution in [-0.4, -0.2) is 44.2 Å². The number of hydrogen-bond acceptors (Lipinski definition) is 3. The van der Waals surface area contributed by atoms with Crippen LogP contribution >= 0.6 is 0 Å². The Morgan fingerprint density at radius 1 is 1.19 bits per heavy atom. The van der Waals surface area contributed by atoms with Crippen molar-refractivity contribution in [1.29, 1.82) is 0 Å². The quantitative estimate of drug-likeness (QED) is 0.870. The van der Waals surface area contributed by atoms with Gasteiger partial charge in [0.25, 0.3) is 0 Å². The molecule has 0 spiro atoms. The Balaban J connectivity index is 2.05. The summed E-state index contributed by atoms with van der Waals surface area (Å²) in [5.41, 5.74) is 1.86. The summed E-state index contributed by atoms with van der Waals surface area (Å²) in [5, 5.41) is 3.30. The van der Waals surface area contributed by atoms with Crippen LogP contribution in [0.1, 0.15) is 26.3 Å². The van der Waals surface area contributed by atoms with Gasteiger partial charge in [0.05, 0.1) is 5.69 Å². The summed E-state index contributed by atoms with van der Waals surface area (Å²) in [7, 11) is 0. The van der Waals surface area contributed by atoms with Crippen LogP contribution in [0.3, 0.4) is 0 Å². The van der Waals surface area contributed by atoms with Gasteiger partial charge in [-0.3, -0.25) is 4.90 Å². The second kappa shape index (κ2) is 7.76. The minimum Gasteiger partial charge on any atom is -0.366 e. The number of para-hydroxylation sites is 1. The van der Waals surface area contributed by atoms with E-state index in [2.05, 4.69) is 35.9 Å². The summed E-state index contributed by atoms with van der Waals surface area (Å²) in [6, 6.07) is 5.41. The van der Waals surface area contributed by atoms with Crippen molar-refractivity contribution in [2.24, 2.45) is 5.92 Å². The van der Waals surface area contributed by atoms with Gasteiger partial charge in [0.15, 0.2) is 0 Å². The third-order valence-corrected chi connectivity index (χ3v) is 3.95. The van der Waals surface area contributed by atoms with E-state index in [1.165, 1.54) is 0 Å². The number of benzene rings is 1. The molecule has 118 valence electrons. The zero-order valence-electron chi connectivity index (χ0n) is 13.5. The maximum Gasteiger partial charge on any atom is 0.146 e. The molecule has 2 rings (SSSR count). The molecule has 0 aliphatic carbocycles. The Morgan fingerprint density at radius 2 is 1.90 bits per heavy atom. The molecule has 1 N–H and O–H groups in total. The topological polar surface area (TPSA) is 18.5 Å². The highest BCUT2D eigenvalue weighted by Gasteiger charge is 2.21. The average Bonchev–Trinajstić information content (AvgIpc) is 2.46. The lowest BCUT2D eigenvalue weighted by Crippen LogP contribution is -2.48. The maximum absolute atomic E-state index is 14.3. The van der Waals surface area contributed by atoms with Gasteiger partial charge in [-0.2, -0.15) is 0 Å². The lowest BCUT2D eigenvalue weighted by Gasteiger charge is -2.37. The van der Waals surface area contributed by atoms with Crippen molar-refractivity contribution in [3.8, 4) is 0 Å². The Bertz CT molecular complexity index is 440. The van der Waals surface area contributed by atoms with Gasteiger partial charge < -0.3 is 10.2 Å². The van der Waals surface area contributed by atoms with E-state index >= 15 is 0 Å². The monoisotopic (exact) mass is 293 g/mol. The molecule has 1 aromatic carbocycles. The molecule has 1 aliphatic rings. The second-order valence-corrected chi connectivity index (χ2v) is 6.21. The van der Waals surface area contributed by atoms with Gasteiger partial charge in [0, 0.05) is 39.3 Å². The number of anilines is 1. The number of rotatable bonds is 6. The summed E-state index contributed by atoms with van der Waals surface area (Å²) >= 11 is 0. The van der Waals surface area contributed by atoms with Gasteiger partial charge in [-0.25, -0.2) is 4.39 Å². The van der Waals surface area contributed by atoms with Gasteiger partial charge in [0.1, 0.15) is 5.82 Å². The fourth-order valence-electron chi connectivity index (χ4n) is 2.99. The lowest BCUT2D eigenvalue weighted by atomic mass is 10.1. The standard InChI is InChI=1S/C17H28FN3/c1-4-19-12-15-6-5-7-16(18)17(15)21-10-8-20(9-11-21)13-14(2)3/h5-7,14,19H,4,8-13H2,1-3H3. The fourth-order valence-corrected chi connectivity index (χ4v) is 2.99. The summed E-state index contributed by atoms with van der Waals surface area (Å²) in [4.78, 5) is 4.69. The Morgan fingerprint density at radius 3 is 2.52 bits per heavy atom. The van der Waals surface area contributed by atoms with Crippen LogP contribution in [0, 0.1) is 11.7 Å². The molecule has 0 aromatic heterocycles. The molecule has 1 fully saturated rings. The summed E-state index contributed by atoms with van der Waals surface area (Å²) in [6.07, 6.45) is 0. The van der Waals surface area contributed by atoms with Gasteiger partial charge in [-0.05, 0) is 24.1 Å². The molecule has 1 saturated heterocycles. The molecular formula is C17H28FN3. The lowest BCUT2D eigenvalue weighted by molar-refractivity contribution is 0.230. The molecule has 21 heavy (non-hydrogen) atoms. The highest BCUT2D eigenvalue weighted by atomic mass is 19.1. The molecule has 0 bridgehead atoms. The molecule has 0 atom stereocenters. The van der Waals surface area contributed by atoms with Crippen molar-refractivity contribution < 1.29 is 4.39 Å². The van der Waals surface area contributed by atoms with Crippen LogP contribution in [0.4, 0.5) is 10.1 Å². The van der Waals surface area contributed by atoms with Crippen LogP contribution in [0.25, 0.3) is 0 Å². The van der Waals surface area contributed by atoms with Gasteiger partial charge in [-0.15, -0.1) is 0 Å². The van der Waals surface area contributed by atoms with E-state index in [0.717, 1.165) is 57.1 Å². The molecule has 1 aliphatic heterocycles. The minimum atomic E-state index is -0.0947. The van der Waals surface area contributed by atoms with E-state index < -0.39 is 0 Å². The highest BCUT2D eigenvalue weighted by molar-refractivity contribution is 5.55. The number of nitrogens with zero attached hydrogens (tertiary/aromatic N) is 2. The first-order chi connectivity index (χ1) is 10.1. The van der Waals surface area contributed by atoms with E-state index in [4.69, 9.17) is 0 Å². The van der Waals surface area contributed by atoms with E-state index in [-0.39, 0.29) is 5.82 Å². The van der Waals surface area contributed by atoms with E-state index in [1.54, 1.807) is 12.1 Å². The van der Waals surface area contributed by atoms with Crippen molar-refractivity contribution in [2.45, 2.75) is 27.3 Å². The molecule has 0 saturated carbocycles. The molecule has 0 amide bonds. The second-order valence-electron chi connectivity index (χ2n) is 6.21. The zero-order chi connectivity index (χ0) is 15.2. The zero-order valence-corrected chi connectivity index (χ0v) is 13.5. The third-order valence-electron chi connectivity index (χ3n) is 3.95. The smallest absolute Gasteiger partial charge is 0.146 e. The van der Waals surface area contributed by atoms with Crippen LogP contribution < -0.4 is 10.2 Å². The molecule has 3 nitrogen and oxygen atoms in total. The molecule has 4 heteroatoms. The fraction of sp³-hybridized carbons (Fsp3) is 0.647. The Hall–Kier alpha value is -1.13. The molecular weight excluding hydrogens is 265 g/mol. The normalized spacial score (nSPS) is 16.7. The first-order valence-electron chi connectivity index (χ1n) is 8.07. The van der Waals surface area contributed by atoms with Crippen molar-refractivity contribution in [1.82, 2.24) is 10.2 Å². The van der Waals surface area contributed by atoms with Gasteiger partial charge >= 0.3 is 0 Å². The summed E-state index contributed by atoms with van der Waals surface area (Å²) in [6.45, 7) is 13.2. The first kappa shape index (κ1) is 16.2. The predicted molar refractivity (Wildman–Crippen MR) is 87.3 cm³/mol. The highest BCUT2D eigenvalue weighted by Crippen LogP contribution is 2.25. The van der Waals surface area contributed by atoms with Gasteiger partial charge in [-0.1, -0.05) is 32.9 Å². The van der Waals surface area contributed by atoms with E-state index in [0.29, 0.717) is 5.92 Å². The van der Waals surface area contributed by atoms with Crippen LogP contribution in [0.15, 0.2) is 18.2 Å². The third kappa shape index (κ3) is 4.42. The molecule has 1 aromatic rings. The maximum atomic E-state index is 14.3. The van der Waals surface area contributed by atoms with Crippen molar-refractivity contribution >= 4 is 5.69 Å². The first-order valence-corrected chi connectivity index (χ1v) is 8.07. The summed E-state index contributed by atoms with van der Waals surface area (Å²) < 4.78 is 14.3. The molecule has 1 heterocycles. The average molecular weight is 293 g/mol. The van der Waals surface area contributed by atoms with Crippen LogP contribution in [-0.2, 0) is 6.54 Å². The van der Waals surface area contributed by atoms with E-state index in [1.807, 2.05) is 6.07 Å². The Kier molecular flexibility index (Phi) is 6.00. The van der Waals surface area contributed by atoms with E-state index in [9.17, 15) is 4.39 Å². The van der Waals surface area contributed by atoms with Crippen LogP contribution in [0.2, 0.25) is 0 Å². The van der Waals surface area contributed by atoms with Crippen molar-refractivity contribution in [2.75, 3.05) is 44.2 Å². The summed E-state index contributed by atoms with van der Waals surface area (Å²) in [5.74, 6) is 0.594. The number of nitrogens with one attached hydrogen (secondary N) is 1. The van der Waals surface area contributed by atoms with Crippen molar-refractivity contribution in [3.05, 3.63) is 29.6 Å². The number of halogens is 1. The largest absolute Gasteiger partial charge is 0.366 e. The molecule has 0 unspecified atom stereocenters. The SMILES string of the molecule is CCNCc1cccc(F)c1N1CCN(CC(C)C)CC1. The van der Waals surface area contributed by atoms with Crippen LogP contribution in [0.5, 0.6) is 0 Å². The van der Waals surface area contributed by atoms with Gasteiger partial charge in [0.2, 0.25) is 0 Å². The number of hydrogen-bond donors (Lipinski definition) is 1.